The molecule has 2 aromatic heterocycles. The van der Waals surface area contributed by atoms with Gasteiger partial charge in [-0.25, -0.2) is 4.98 Å². The van der Waals surface area contributed by atoms with Crippen LogP contribution < -0.4 is 4.74 Å². The number of aliphatic hydroxyl groups excluding tert-OH is 1. The molecule has 1 saturated carbocycles. The summed E-state index contributed by atoms with van der Waals surface area (Å²) in [5.74, 6) is 0.905. The van der Waals surface area contributed by atoms with E-state index in [0.29, 0.717) is 23.2 Å². The number of fused-ring (bicyclic) bond motifs is 3. The Kier molecular flexibility index (Phi) is 4.16. The van der Waals surface area contributed by atoms with Crippen molar-refractivity contribution in [2.24, 2.45) is 5.92 Å². The van der Waals surface area contributed by atoms with Gasteiger partial charge in [-0.15, -0.1) is 0 Å². The van der Waals surface area contributed by atoms with E-state index in [1.165, 1.54) is 0 Å². The van der Waals surface area contributed by atoms with Crippen LogP contribution in [0, 0.1) is 12.8 Å². The second-order valence-electron chi connectivity index (χ2n) is 7.63. The molecular weight excluding hydrogens is 376 g/mol. The number of pyridine rings is 1. The second-order valence-corrected chi connectivity index (χ2v) is 7.99. The summed E-state index contributed by atoms with van der Waals surface area (Å²) in [4.78, 5) is 4.65. The SMILES string of the molecule is CCOC1(C2CC2)c2ccn3c(Cl)c(C)nc3c2O[C@H](c2ccccc2)C1O. The standard InChI is InChI=1S/C22H23ClN2O3/c1-3-27-22(15-9-10-15)16-11-12-25-20(23)13(2)24-21(25)18(16)28-17(19(22)26)14-7-5-4-6-8-14/h4-8,11-12,15,17,19,26H,3,9-10H2,1-2H3/t17-,19?,22?/m1/s1. The highest BCUT2D eigenvalue weighted by molar-refractivity contribution is 6.30. The highest BCUT2D eigenvalue weighted by Crippen LogP contribution is 2.58. The van der Waals surface area contributed by atoms with Crippen molar-refractivity contribution < 1.29 is 14.6 Å². The molecule has 0 amide bonds. The molecule has 0 spiro atoms. The van der Waals surface area contributed by atoms with Crippen molar-refractivity contribution in [2.75, 3.05) is 6.61 Å². The molecule has 1 aliphatic carbocycles. The molecule has 0 radical (unpaired) electrons. The highest BCUT2D eigenvalue weighted by atomic mass is 35.5. The molecule has 1 N–H and O–H groups in total. The number of imidazole rings is 1. The number of aryl methyl sites for hydroxylation is 1. The maximum atomic E-state index is 11.5. The van der Waals surface area contributed by atoms with Crippen LogP contribution in [0.3, 0.4) is 0 Å². The summed E-state index contributed by atoms with van der Waals surface area (Å²) in [6.45, 7) is 4.36. The first-order valence-electron chi connectivity index (χ1n) is 9.79. The molecule has 1 fully saturated rings. The molecule has 3 atom stereocenters. The maximum Gasteiger partial charge on any atom is 0.181 e. The summed E-state index contributed by atoms with van der Waals surface area (Å²) in [7, 11) is 0. The van der Waals surface area contributed by atoms with Gasteiger partial charge in [0, 0.05) is 18.4 Å². The van der Waals surface area contributed by atoms with Gasteiger partial charge in [0.2, 0.25) is 0 Å². The van der Waals surface area contributed by atoms with Crippen LogP contribution in [0.25, 0.3) is 5.65 Å². The average Bonchev–Trinajstić information content (AvgIpc) is 3.51. The zero-order chi connectivity index (χ0) is 19.5. The third kappa shape index (κ3) is 2.43. The van der Waals surface area contributed by atoms with Crippen molar-refractivity contribution in [3.05, 3.63) is 64.6 Å². The lowest BCUT2D eigenvalue weighted by molar-refractivity contribution is -0.185. The lowest BCUT2D eigenvalue weighted by Crippen LogP contribution is -2.52. The van der Waals surface area contributed by atoms with Crippen LogP contribution in [-0.2, 0) is 10.3 Å². The molecule has 5 rings (SSSR count). The van der Waals surface area contributed by atoms with Crippen LogP contribution in [0.5, 0.6) is 5.75 Å². The van der Waals surface area contributed by atoms with Gasteiger partial charge in [-0.2, -0.15) is 0 Å². The van der Waals surface area contributed by atoms with Gasteiger partial charge in [-0.05, 0) is 44.2 Å². The molecule has 5 nitrogen and oxygen atoms in total. The summed E-state index contributed by atoms with van der Waals surface area (Å²) in [5.41, 5.74) is 2.39. The number of aromatic nitrogens is 2. The van der Waals surface area contributed by atoms with E-state index in [9.17, 15) is 5.11 Å². The number of ether oxygens (including phenoxy) is 2. The number of hydrogen-bond donors (Lipinski definition) is 1. The molecule has 0 saturated heterocycles. The van der Waals surface area contributed by atoms with Crippen LogP contribution in [0.15, 0.2) is 42.6 Å². The van der Waals surface area contributed by atoms with E-state index in [1.807, 2.05) is 60.8 Å². The maximum absolute atomic E-state index is 11.5. The fourth-order valence-corrected chi connectivity index (χ4v) is 4.73. The average molecular weight is 399 g/mol. The van der Waals surface area contributed by atoms with E-state index in [2.05, 4.69) is 4.98 Å². The Labute approximate surface area is 168 Å². The molecule has 3 heterocycles. The van der Waals surface area contributed by atoms with Crippen LogP contribution >= 0.6 is 11.6 Å². The van der Waals surface area contributed by atoms with Crippen LogP contribution in [0.4, 0.5) is 0 Å². The minimum atomic E-state index is -0.816. The van der Waals surface area contributed by atoms with Crippen molar-refractivity contribution in [2.45, 2.75) is 44.5 Å². The number of nitrogens with zero attached hydrogens (tertiary/aromatic N) is 2. The monoisotopic (exact) mass is 398 g/mol. The van der Waals surface area contributed by atoms with Gasteiger partial charge in [0.05, 0.1) is 5.69 Å². The molecule has 0 bridgehead atoms. The fourth-order valence-electron chi connectivity index (χ4n) is 4.55. The largest absolute Gasteiger partial charge is 0.479 e. The normalized spacial score (nSPS) is 26.9. The number of benzene rings is 1. The van der Waals surface area contributed by atoms with Crippen molar-refractivity contribution in [1.29, 1.82) is 0 Å². The Balaban J connectivity index is 1.78. The van der Waals surface area contributed by atoms with E-state index in [4.69, 9.17) is 21.1 Å². The zero-order valence-corrected chi connectivity index (χ0v) is 16.7. The van der Waals surface area contributed by atoms with Gasteiger partial charge in [0.1, 0.15) is 16.9 Å². The van der Waals surface area contributed by atoms with Crippen LogP contribution in [-0.4, -0.2) is 27.2 Å². The predicted octanol–water partition coefficient (Wildman–Crippen LogP) is 4.43. The Bertz CT molecular complexity index is 1030. The second kappa shape index (κ2) is 6.48. The summed E-state index contributed by atoms with van der Waals surface area (Å²) in [6.07, 6.45) is 2.59. The number of rotatable bonds is 4. The Morgan fingerprint density at radius 2 is 2.04 bits per heavy atom. The summed E-state index contributed by atoms with van der Waals surface area (Å²) in [5, 5.41) is 12.1. The Morgan fingerprint density at radius 1 is 1.29 bits per heavy atom. The molecule has 6 heteroatoms. The van der Waals surface area contributed by atoms with Gasteiger partial charge in [0.25, 0.3) is 0 Å². The molecule has 2 aliphatic rings. The van der Waals surface area contributed by atoms with Gasteiger partial charge in [-0.1, -0.05) is 41.9 Å². The van der Waals surface area contributed by atoms with Crippen molar-refractivity contribution in [3.63, 3.8) is 0 Å². The van der Waals surface area contributed by atoms with Crippen molar-refractivity contribution >= 4 is 17.2 Å². The molecule has 28 heavy (non-hydrogen) atoms. The van der Waals surface area contributed by atoms with Crippen molar-refractivity contribution in [3.8, 4) is 5.75 Å². The Hall–Kier alpha value is -2.08. The number of aliphatic hydroxyl groups is 1. The third-order valence-corrected chi connectivity index (χ3v) is 6.39. The topological polar surface area (TPSA) is 56.0 Å². The summed E-state index contributed by atoms with van der Waals surface area (Å²) >= 11 is 6.44. The predicted molar refractivity (Wildman–Crippen MR) is 107 cm³/mol. The lowest BCUT2D eigenvalue weighted by Gasteiger charge is -2.46. The van der Waals surface area contributed by atoms with Crippen LogP contribution in [0.1, 0.15) is 42.7 Å². The van der Waals surface area contributed by atoms with E-state index in [-0.39, 0.29) is 5.92 Å². The molecular formula is C22H23ClN2O3. The molecule has 1 aromatic carbocycles. The minimum absolute atomic E-state index is 0.255. The number of hydrogen-bond acceptors (Lipinski definition) is 4. The van der Waals surface area contributed by atoms with Gasteiger partial charge >= 0.3 is 0 Å². The molecule has 146 valence electrons. The molecule has 3 aromatic rings. The zero-order valence-electron chi connectivity index (χ0n) is 15.9. The first-order valence-corrected chi connectivity index (χ1v) is 10.2. The number of halogens is 1. The quantitative estimate of drug-likeness (QED) is 0.706. The first kappa shape index (κ1) is 18.0. The van der Waals surface area contributed by atoms with E-state index in [0.717, 1.165) is 29.7 Å². The van der Waals surface area contributed by atoms with Gasteiger partial charge in [-0.3, -0.25) is 4.40 Å². The first-order chi connectivity index (χ1) is 13.6. The summed E-state index contributed by atoms with van der Waals surface area (Å²) in [6, 6.07) is 11.8. The fraction of sp³-hybridized carbons (Fsp3) is 0.409. The molecule has 2 unspecified atom stereocenters. The van der Waals surface area contributed by atoms with Crippen LogP contribution in [0.2, 0.25) is 5.15 Å². The van der Waals surface area contributed by atoms with Gasteiger partial charge in [0.15, 0.2) is 17.5 Å². The van der Waals surface area contributed by atoms with E-state index < -0.39 is 17.8 Å². The van der Waals surface area contributed by atoms with Crippen molar-refractivity contribution in [1.82, 2.24) is 9.38 Å². The third-order valence-electron chi connectivity index (χ3n) is 5.94. The van der Waals surface area contributed by atoms with Gasteiger partial charge < -0.3 is 14.6 Å². The van der Waals surface area contributed by atoms with E-state index in [1.54, 1.807) is 0 Å². The highest BCUT2D eigenvalue weighted by Gasteiger charge is 2.59. The smallest absolute Gasteiger partial charge is 0.181 e. The Morgan fingerprint density at radius 3 is 2.71 bits per heavy atom. The lowest BCUT2D eigenvalue weighted by atomic mass is 9.77. The minimum Gasteiger partial charge on any atom is -0.479 e. The molecule has 1 aliphatic heterocycles. The van der Waals surface area contributed by atoms with E-state index >= 15 is 0 Å². The summed E-state index contributed by atoms with van der Waals surface area (Å²) < 4.78 is 14.6.